The second-order valence-corrected chi connectivity index (χ2v) is 10.0. The highest BCUT2D eigenvalue weighted by atomic mass is 16.5. The fourth-order valence-electron chi connectivity index (χ4n) is 5.58. The van der Waals surface area contributed by atoms with Crippen molar-refractivity contribution in [3.8, 4) is 5.75 Å². The van der Waals surface area contributed by atoms with Gasteiger partial charge in [-0.2, -0.15) is 0 Å². The molecular weight excluding hydrogens is 410 g/mol. The average Bonchev–Trinajstić information content (AvgIpc) is 2.84. The minimum atomic E-state index is -0.0146. The number of fused-ring (bicyclic) bond motifs is 1. The van der Waals surface area contributed by atoms with Gasteiger partial charge in [0.25, 0.3) is 0 Å². The van der Waals surface area contributed by atoms with Crippen LogP contribution in [0.5, 0.6) is 5.75 Å². The molecule has 0 radical (unpaired) electrons. The third kappa shape index (κ3) is 6.72. The number of piperidine rings is 1. The fourth-order valence-corrected chi connectivity index (χ4v) is 5.58. The first-order valence-electron chi connectivity index (χ1n) is 13.2. The van der Waals surface area contributed by atoms with E-state index in [-0.39, 0.29) is 11.9 Å². The summed E-state index contributed by atoms with van der Waals surface area (Å²) in [4.78, 5) is 14.4. The normalized spacial score (nSPS) is 22.4. The Hall–Kier alpha value is -2.07. The van der Waals surface area contributed by atoms with Crippen LogP contribution in [0.4, 0.5) is 0 Å². The largest absolute Gasteiger partial charge is 0.490 e. The molecule has 2 aromatic rings. The number of carbonyl (C=O) groups excluding carboxylic acids is 1. The maximum absolute atomic E-state index is 11.9. The molecule has 1 aliphatic carbocycles. The minimum Gasteiger partial charge on any atom is -0.490 e. The molecule has 0 atom stereocenters. The van der Waals surface area contributed by atoms with Crippen molar-refractivity contribution in [2.75, 3.05) is 26.2 Å². The third-order valence-corrected chi connectivity index (χ3v) is 7.59. The van der Waals surface area contributed by atoms with Crippen molar-refractivity contribution in [3.63, 3.8) is 0 Å². The number of benzene rings is 2. The first-order chi connectivity index (χ1) is 16.1. The topological polar surface area (TPSA) is 38.8 Å². The van der Waals surface area contributed by atoms with Gasteiger partial charge in [-0.1, -0.05) is 44.0 Å². The van der Waals surface area contributed by atoms with Gasteiger partial charge in [0.1, 0.15) is 5.75 Å². The predicted molar refractivity (Wildman–Crippen MR) is 135 cm³/mol. The molecule has 4 nitrogen and oxygen atoms in total. The van der Waals surface area contributed by atoms with E-state index in [1.165, 1.54) is 54.9 Å². The molecule has 0 spiro atoms. The molecule has 1 saturated heterocycles. The Morgan fingerprint density at radius 3 is 2.39 bits per heavy atom. The number of likely N-dealkylation sites (tertiary alicyclic amines) is 1. The van der Waals surface area contributed by atoms with Gasteiger partial charge in [0.2, 0.25) is 0 Å². The van der Waals surface area contributed by atoms with Crippen LogP contribution in [0.15, 0.2) is 36.4 Å². The Balaban J connectivity index is 1.26. The molecule has 1 saturated carbocycles. The van der Waals surface area contributed by atoms with Gasteiger partial charge < -0.3 is 14.4 Å². The molecular formula is C29H41NO3. The number of carbonyl (C=O) groups is 1. The highest BCUT2D eigenvalue weighted by Gasteiger charge is 2.25. The van der Waals surface area contributed by atoms with Crippen molar-refractivity contribution in [3.05, 3.63) is 42.0 Å². The van der Waals surface area contributed by atoms with E-state index in [4.69, 9.17) is 9.47 Å². The van der Waals surface area contributed by atoms with Gasteiger partial charge in [-0.15, -0.1) is 0 Å². The Bertz CT molecular complexity index is 895. The van der Waals surface area contributed by atoms with Crippen LogP contribution in [-0.2, 0) is 16.0 Å². The summed E-state index contributed by atoms with van der Waals surface area (Å²) < 4.78 is 11.5. The lowest BCUT2D eigenvalue weighted by molar-refractivity contribution is -0.149. The molecule has 0 amide bonds. The van der Waals surface area contributed by atoms with Crippen LogP contribution in [0.1, 0.15) is 70.8 Å². The molecule has 0 unspecified atom stereocenters. The van der Waals surface area contributed by atoms with Crippen LogP contribution in [-0.4, -0.2) is 43.2 Å². The lowest BCUT2D eigenvalue weighted by Crippen LogP contribution is -2.38. The lowest BCUT2D eigenvalue weighted by Gasteiger charge is -2.30. The van der Waals surface area contributed by atoms with E-state index >= 15 is 0 Å². The first-order valence-corrected chi connectivity index (χ1v) is 13.2. The monoisotopic (exact) mass is 451 g/mol. The molecule has 0 aromatic heterocycles. The van der Waals surface area contributed by atoms with Gasteiger partial charge in [0.15, 0.2) is 0 Å². The van der Waals surface area contributed by atoms with Gasteiger partial charge in [0, 0.05) is 6.54 Å². The quantitative estimate of drug-likeness (QED) is 0.414. The Kier molecular flexibility index (Phi) is 8.66. The van der Waals surface area contributed by atoms with E-state index in [2.05, 4.69) is 48.2 Å². The van der Waals surface area contributed by atoms with Crippen LogP contribution in [0, 0.1) is 11.8 Å². The molecule has 180 valence electrons. The summed E-state index contributed by atoms with van der Waals surface area (Å²) in [6.07, 6.45) is 10.9. The molecule has 1 heterocycles. The molecule has 2 aliphatic rings. The summed E-state index contributed by atoms with van der Waals surface area (Å²) in [5.74, 6) is 2.00. The summed E-state index contributed by atoms with van der Waals surface area (Å²) in [5, 5.41) is 2.54. The van der Waals surface area contributed by atoms with Crippen molar-refractivity contribution in [1.82, 2.24) is 4.90 Å². The van der Waals surface area contributed by atoms with E-state index in [0.717, 1.165) is 50.6 Å². The van der Waals surface area contributed by atoms with Crippen molar-refractivity contribution < 1.29 is 14.3 Å². The summed E-state index contributed by atoms with van der Waals surface area (Å²) in [6, 6.07) is 13.4. The molecule has 2 fully saturated rings. The van der Waals surface area contributed by atoms with E-state index in [9.17, 15) is 4.79 Å². The standard InChI is InChI=1S/C29H41NO3/c1-3-5-22-7-11-27(12-8-22)33-28-13-10-25-20-23(6-9-26(25)21-28)14-17-30-18-15-24(16-19-30)29(31)32-4-2/h6,9-10,13,20-22,24,27H,3-5,7-8,11-12,14-19H2,1-2H3. The molecule has 1 aliphatic heterocycles. The third-order valence-electron chi connectivity index (χ3n) is 7.59. The SMILES string of the molecule is CCCC1CCC(Oc2ccc3cc(CCN4CCC(C(=O)OCC)CC4)ccc3c2)CC1. The average molecular weight is 452 g/mol. The molecule has 4 heteroatoms. The highest BCUT2D eigenvalue weighted by Crippen LogP contribution is 2.31. The zero-order valence-corrected chi connectivity index (χ0v) is 20.6. The van der Waals surface area contributed by atoms with Crippen LogP contribution in [0.2, 0.25) is 0 Å². The number of rotatable bonds is 9. The number of hydrogen-bond acceptors (Lipinski definition) is 4. The Labute approximate surface area is 199 Å². The van der Waals surface area contributed by atoms with E-state index < -0.39 is 0 Å². The van der Waals surface area contributed by atoms with E-state index in [1.807, 2.05) is 6.92 Å². The second-order valence-electron chi connectivity index (χ2n) is 10.0. The van der Waals surface area contributed by atoms with Crippen molar-refractivity contribution >= 4 is 16.7 Å². The van der Waals surface area contributed by atoms with Crippen LogP contribution < -0.4 is 4.74 Å². The maximum Gasteiger partial charge on any atom is 0.309 e. The van der Waals surface area contributed by atoms with Gasteiger partial charge >= 0.3 is 5.97 Å². The summed E-state index contributed by atoms with van der Waals surface area (Å²) in [7, 11) is 0. The van der Waals surface area contributed by atoms with Gasteiger partial charge in [-0.25, -0.2) is 0 Å². The molecule has 2 aromatic carbocycles. The molecule has 0 N–H and O–H groups in total. The molecule has 0 bridgehead atoms. The fraction of sp³-hybridized carbons (Fsp3) is 0.621. The van der Waals surface area contributed by atoms with Crippen LogP contribution >= 0.6 is 0 Å². The summed E-state index contributed by atoms with van der Waals surface area (Å²) >= 11 is 0. The van der Waals surface area contributed by atoms with Crippen LogP contribution in [0.3, 0.4) is 0 Å². The Morgan fingerprint density at radius 2 is 1.67 bits per heavy atom. The van der Waals surface area contributed by atoms with Crippen molar-refractivity contribution in [2.24, 2.45) is 11.8 Å². The van der Waals surface area contributed by atoms with Crippen molar-refractivity contribution in [2.45, 2.75) is 77.7 Å². The van der Waals surface area contributed by atoms with Gasteiger partial charge in [0.05, 0.1) is 18.6 Å². The molecule has 4 rings (SSSR count). The van der Waals surface area contributed by atoms with E-state index in [0.29, 0.717) is 12.7 Å². The minimum absolute atomic E-state index is 0.0146. The maximum atomic E-state index is 11.9. The lowest BCUT2D eigenvalue weighted by atomic mass is 9.85. The number of ether oxygens (including phenoxy) is 2. The summed E-state index contributed by atoms with van der Waals surface area (Å²) in [6.45, 7) is 7.66. The molecule has 33 heavy (non-hydrogen) atoms. The zero-order valence-electron chi connectivity index (χ0n) is 20.6. The zero-order chi connectivity index (χ0) is 23.0. The first kappa shape index (κ1) is 24.1. The van der Waals surface area contributed by atoms with Crippen molar-refractivity contribution in [1.29, 1.82) is 0 Å². The summed E-state index contributed by atoms with van der Waals surface area (Å²) in [5.41, 5.74) is 1.37. The van der Waals surface area contributed by atoms with E-state index in [1.54, 1.807) is 0 Å². The smallest absolute Gasteiger partial charge is 0.309 e. The Morgan fingerprint density at radius 1 is 0.939 bits per heavy atom. The van der Waals surface area contributed by atoms with Gasteiger partial charge in [-0.05, 0) is 99.3 Å². The van der Waals surface area contributed by atoms with Crippen LogP contribution in [0.25, 0.3) is 10.8 Å². The number of esters is 1. The number of hydrogen-bond donors (Lipinski definition) is 0. The van der Waals surface area contributed by atoms with Gasteiger partial charge in [-0.3, -0.25) is 4.79 Å². The predicted octanol–water partition coefficient (Wildman–Crippen LogP) is 6.40. The number of nitrogens with zero attached hydrogens (tertiary/aromatic N) is 1. The second kappa shape index (κ2) is 11.9. The highest BCUT2D eigenvalue weighted by molar-refractivity contribution is 5.84.